The Morgan fingerprint density at radius 3 is 2.42 bits per heavy atom. The van der Waals surface area contributed by atoms with Crippen molar-refractivity contribution in [3.05, 3.63) is 17.7 Å². The summed E-state index contributed by atoms with van der Waals surface area (Å²) in [6.45, 7) is 0. The first kappa shape index (κ1) is 16.9. The summed E-state index contributed by atoms with van der Waals surface area (Å²) in [6.07, 6.45) is 1.38. The zero-order chi connectivity index (χ0) is 17.5. The molecule has 1 aromatic carbocycles. The summed E-state index contributed by atoms with van der Waals surface area (Å²) < 4.78 is 20.0. The fourth-order valence-corrected chi connectivity index (χ4v) is 1.73. The highest BCUT2D eigenvalue weighted by Crippen LogP contribution is 2.33. The maximum atomic E-state index is 11.7. The number of hydrogen-bond donors (Lipinski definition) is 3. The minimum Gasteiger partial charge on any atom is -0.496 e. The van der Waals surface area contributed by atoms with E-state index in [0.717, 1.165) is 0 Å². The van der Waals surface area contributed by atoms with Crippen LogP contribution in [0, 0.1) is 0 Å². The van der Waals surface area contributed by atoms with E-state index in [4.69, 9.17) is 19.9 Å². The lowest BCUT2D eigenvalue weighted by atomic mass is 10.2. The summed E-state index contributed by atoms with van der Waals surface area (Å²) >= 11 is 0. The average Bonchev–Trinajstić information content (AvgIpc) is 2.99. The zero-order valence-corrected chi connectivity index (χ0v) is 13.2. The Kier molecular flexibility index (Phi) is 5.39. The van der Waals surface area contributed by atoms with Crippen LogP contribution < -0.4 is 30.7 Å². The first-order valence-corrected chi connectivity index (χ1v) is 6.57. The number of urea groups is 1. The molecule has 0 aliphatic carbocycles. The predicted molar refractivity (Wildman–Crippen MR) is 84.6 cm³/mol. The van der Waals surface area contributed by atoms with Gasteiger partial charge in [-0.1, -0.05) is 0 Å². The largest absolute Gasteiger partial charge is 0.496 e. The van der Waals surface area contributed by atoms with Crippen LogP contribution in [0.2, 0.25) is 0 Å². The molecule has 0 aliphatic rings. The van der Waals surface area contributed by atoms with Gasteiger partial charge in [-0.05, 0) is 16.4 Å². The molecule has 2 rings (SSSR count). The Morgan fingerprint density at radius 1 is 1.17 bits per heavy atom. The molecule has 0 fully saturated rings. The minimum absolute atomic E-state index is 0.00797. The van der Waals surface area contributed by atoms with E-state index < -0.39 is 6.03 Å². The van der Waals surface area contributed by atoms with Crippen LogP contribution in [0.15, 0.2) is 21.9 Å². The molecule has 1 heterocycles. The molecule has 11 heteroatoms. The highest BCUT2D eigenvalue weighted by molar-refractivity contribution is 5.92. The van der Waals surface area contributed by atoms with Gasteiger partial charge in [0.15, 0.2) is 11.5 Å². The lowest BCUT2D eigenvalue weighted by molar-refractivity contribution is 0.252. The second-order valence-electron chi connectivity index (χ2n) is 4.27. The highest BCUT2D eigenvalue weighted by atomic mass is 16.6. The third-order valence-corrected chi connectivity index (χ3v) is 2.85. The molecule has 0 saturated carbocycles. The van der Waals surface area contributed by atoms with Gasteiger partial charge in [0.1, 0.15) is 5.75 Å². The molecular formula is C13H16N6O5. The second-order valence-corrected chi connectivity index (χ2v) is 4.27. The smallest absolute Gasteiger partial charge is 0.340 e. The molecule has 2 aromatic rings. The van der Waals surface area contributed by atoms with Crippen molar-refractivity contribution < 1.29 is 23.6 Å². The predicted octanol–water partition coefficient (Wildman–Crippen LogP) is 0.833. The van der Waals surface area contributed by atoms with Crippen molar-refractivity contribution >= 4 is 23.9 Å². The van der Waals surface area contributed by atoms with E-state index in [-0.39, 0.29) is 11.6 Å². The molecule has 0 spiro atoms. The van der Waals surface area contributed by atoms with Crippen molar-refractivity contribution in [1.82, 2.24) is 15.7 Å². The van der Waals surface area contributed by atoms with Gasteiger partial charge in [-0.2, -0.15) is 5.10 Å². The van der Waals surface area contributed by atoms with Crippen LogP contribution in [0.3, 0.4) is 0 Å². The number of methoxy groups -OCH3 is 3. The number of ether oxygens (including phenoxy) is 3. The van der Waals surface area contributed by atoms with E-state index in [1.165, 1.54) is 27.5 Å². The number of rotatable bonds is 6. The minimum atomic E-state index is -0.673. The van der Waals surface area contributed by atoms with Gasteiger partial charge in [0.05, 0.1) is 27.5 Å². The normalized spacial score (nSPS) is 10.5. The summed E-state index contributed by atoms with van der Waals surface area (Å²) in [4.78, 5) is 11.7. The first-order valence-electron chi connectivity index (χ1n) is 6.57. The number of carbonyl (C=O) groups is 1. The Bertz CT molecular complexity index is 744. The first-order chi connectivity index (χ1) is 11.6. The fourth-order valence-electron chi connectivity index (χ4n) is 1.73. The zero-order valence-electron chi connectivity index (χ0n) is 13.2. The van der Waals surface area contributed by atoms with Crippen LogP contribution >= 0.6 is 0 Å². The van der Waals surface area contributed by atoms with Crippen LogP contribution in [0.1, 0.15) is 5.56 Å². The molecule has 1 aromatic heterocycles. The van der Waals surface area contributed by atoms with Gasteiger partial charge in [-0.3, -0.25) is 5.32 Å². The van der Waals surface area contributed by atoms with Crippen LogP contribution in [-0.2, 0) is 0 Å². The van der Waals surface area contributed by atoms with E-state index in [9.17, 15) is 4.79 Å². The fraction of sp³-hybridized carbons (Fsp3) is 0.231. The van der Waals surface area contributed by atoms with Gasteiger partial charge >= 0.3 is 6.03 Å². The van der Waals surface area contributed by atoms with Crippen molar-refractivity contribution in [3.63, 3.8) is 0 Å². The second kappa shape index (κ2) is 7.67. The Hall–Kier alpha value is -3.50. The van der Waals surface area contributed by atoms with Crippen molar-refractivity contribution in [3.8, 4) is 17.2 Å². The number of nitrogens with zero attached hydrogens (tertiary/aromatic N) is 3. The van der Waals surface area contributed by atoms with Gasteiger partial charge in [-0.25, -0.2) is 14.8 Å². The number of nitrogens with one attached hydrogen (secondary N) is 2. The molecule has 0 unspecified atom stereocenters. The van der Waals surface area contributed by atoms with Gasteiger partial charge in [0.2, 0.25) is 11.6 Å². The van der Waals surface area contributed by atoms with Crippen molar-refractivity contribution in [2.45, 2.75) is 0 Å². The number of amides is 2. The molecular weight excluding hydrogens is 320 g/mol. The molecule has 0 bridgehead atoms. The lowest BCUT2D eigenvalue weighted by Crippen LogP contribution is -2.24. The number of hydrazone groups is 1. The maximum absolute atomic E-state index is 11.7. The monoisotopic (exact) mass is 336 g/mol. The van der Waals surface area contributed by atoms with Gasteiger partial charge in [-0.15, -0.1) is 0 Å². The molecule has 0 saturated heterocycles. The topological polar surface area (TPSA) is 146 Å². The standard InChI is InChI=1S/C13H16N6O5/c1-21-8-5-10(23-3)9(22-2)4-7(8)6-15-17-13(20)16-12-11(14)18-24-19-12/h4-6H,1-3H3,(H2,14,18)(H2,16,17,19,20)/b15-6-. The van der Waals surface area contributed by atoms with Crippen molar-refractivity contribution in [2.75, 3.05) is 32.4 Å². The number of nitrogens with two attached hydrogens (primary N) is 1. The van der Waals surface area contributed by atoms with Gasteiger partial charge in [0.25, 0.3) is 0 Å². The third-order valence-electron chi connectivity index (χ3n) is 2.85. The Labute approximate surface area is 136 Å². The SMILES string of the molecule is COc1cc(OC)c(OC)cc1/C=N\NC(=O)Nc1nonc1N. The summed E-state index contributed by atoms with van der Waals surface area (Å²) in [7, 11) is 4.52. The van der Waals surface area contributed by atoms with Gasteiger partial charge < -0.3 is 19.9 Å². The number of anilines is 2. The lowest BCUT2D eigenvalue weighted by Gasteiger charge is -2.11. The molecule has 24 heavy (non-hydrogen) atoms. The number of nitrogen functional groups attached to an aromatic ring is 1. The Morgan fingerprint density at radius 2 is 1.83 bits per heavy atom. The Balaban J connectivity index is 2.08. The van der Waals surface area contributed by atoms with Crippen LogP contribution in [0.4, 0.5) is 16.4 Å². The van der Waals surface area contributed by atoms with E-state index in [0.29, 0.717) is 22.8 Å². The highest BCUT2D eigenvalue weighted by Gasteiger charge is 2.11. The summed E-state index contributed by atoms with van der Waals surface area (Å²) in [5.74, 6) is 1.43. The quantitative estimate of drug-likeness (QED) is 0.519. The van der Waals surface area contributed by atoms with Crippen LogP contribution in [-0.4, -0.2) is 43.9 Å². The van der Waals surface area contributed by atoms with Crippen LogP contribution in [0.25, 0.3) is 0 Å². The molecule has 0 aliphatic heterocycles. The van der Waals surface area contributed by atoms with E-state index in [1.807, 2.05) is 0 Å². The summed E-state index contributed by atoms with van der Waals surface area (Å²) in [5.41, 5.74) is 8.22. The molecule has 128 valence electrons. The third kappa shape index (κ3) is 3.82. The van der Waals surface area contributed by atoms with E-state index in [1.54, 1.807) is 12.1 Å². The van der Waals surface area contributed by atoms with E-state index >= 15 is 0 Å². The molecule has 2 amide bonds. The summed E-state index contributed by atoms with van der Waals surface area (Å²) in [6, 6.07) is 2.62. The number of hydrogen-bond acceptors (Lipinski definition) is 9. The number of carbonyl (C=O) groups excluding carboxylic acids is 1. The average molecular weight is 336 g/mol. The van der Waals surface area contributed by atoms with Crippen molar-refractivity contribution in [1.29, 1.82) is 0 Å². The molecule has 0 radical (unpaired) electrons. The molecule has 4 N–H and O–H groups in total. The maximum Gasteiger partial charge on any atom is 0.340 e. The number of aromatic nitrogens is 2. The van der Waals surface area contributed by atoms with Gasteiger partial charge in [0, 0.05) is 11.6 Å². The summed E-state index contributed by atoms with van der Waals surface area (Å²) in [5, 5.41) is 12.9. The van der Waals surface area contributed by atoms with Crippen LogP contribution in [0.5, 0.6) is 17.2 Å². The number of benzene rings is 1. The van der Waals surface area contributed by atoms with Crippen molar-refractivity contribution in [2.24, 2.45) is 5.10 Å². The molecule has 0 atom stereocenters. The van der Waals surface area contributed by atoms with E-state index in [2.05, 4.69) is 30.8 Å². The molecule has 11 nitrogen and oxygen atoms in total.